The Balaban J connectivity index is 5.12. The largest absolute Gasteiger partial charge is 0.465 e. The number of alkyl halides is 3. The summed E-state index contributed by atoms with van der Waals surface area (Å²) in [7, 11) is 0. The molecule has 0 aromatic heterocycles. The summed E-state index contributed by atoms with van der Waals surface area (Å²) in [6, 6.07) is 0. The number of hydrogen-bond donors (Lipinski definition) is 0. The zero-order valence-corrected chi connectivity index (χ0v) is 8.07. The lowest BCUT2D eigenvalue weighted by molar-refractivity contribution is -0.224. The third-order valence-corrected chi connectivity index (χ3v) is 1.95. The molecule has 0 fully saturated rings. The van der Waals surface area contributed by atoms with Crippen molar-refractivity contribution in [2.24, 2.45) is 5.41 Å². The zero-order valence-electron chi connectivity index (χ0n) is 8.07. The summed E-state index contributed by atoms with van der Waals surface area (Å²) in [6.45, 7) is 2.41. The average Bonchev–Trinajstić information content (AvgIpc) is 2.00. The molecule has 0 saturated heterocycles. The molecule has 1 unspecified atom stereocenters. The van der Waals surface area contributed by atoms with Crippen LogP contribution < -0.4 is 0 Å². The van der Waals surface area contributed by atoms with Crippen LogP contribution in [0.2, 0.25) is 0 Å². The first-order valence-electron chi connectivity index (χ1n) is 3.93. The Labute approximate surface area is 79.2 Å². The number of carbonyl (C=O) groups is 2. The monoisotopic (exact) mass is 212 g/mol. The molecule has 0 radical (unpaired) electrons. The van der Waals surface area contributed by atoms with Gasteiger partial charge in [-0.1, -0.05) is 0 Å². The second-order valence-corrected chi connectivity index (χ2v) is 2.90. The molecular weight excluding hydrogens is 201 g/mol. The second kappa shape index (κ2) is 3.98. The van der Waals surface area contributed by atoms with Crippen molar-refractivity contribution in [3.05, 3.63) is 0 Å². The molecular formula is C8H11F3O3. The Kier molecular flexibility index (Phi) is 3.67. The van der Waals surface area contributed by atoms with Crippen LogP contribution in [-0.2, 0) is 14.3 Å². The maximum absolute atomic E-state index is 12.4. The summed E-state index contributed by atoms with van der Waals surface area (Å²) in [5, 5.41) is 0. The lowest BCUT2D eigenvalue weighted by Crippen LogP contribution is -2.48. The minimum absolute atomic E-state index is 0.197. The van der Waals surface area contributed by atoms with E-state index in [-0.39, 0.29) is 6.61 Å². The number of halogens is 3. The molecule has 0 spiro atoms. The first kappa shape index (κ1) is 12.9. The third kappa shape index (κ3) is 2.05. The van der Waals surface area contributed by atoms with Crippen LogP contribution in [0.15, 0.2) is 0 Å². The van der Waals surface area contributed by atoms with Gasteiger partial charge in [0.2, 0.25) is 5.41 Å². The maximum atomic E-state index is 12.4. The van der Waals surface area contributed by atoms with Crippen molar-refractivity contribution < 1.29 is 27.5 Å². The number of ketones is 1. The van der Waals surface area contributed by atoms with Crippen LogP contribution in [0.4, 0.5) is 13.2 Å². The van der Waals surface area contributed by atoms with Gasteiger partial charge in [0.05, 0.1) is 6.61 Å². The van der Waals surface area contributed by atoms with Gasteiger partial charge in [-0.3, -0.25) is 9.59 Å². The number of rotatable bonds is 3. The SMILES string of the molecule is CCOC(=O)C(C)(C(C)=O)C(F)(F)F. The Morgan fingerprint density at radius 3 is 1.93 bits per heavy atom. The highest BCUT2D eigenvalue weighted by Crippen LogP contribution is 2.39. The summed E-state index contributed by atoms with van der Waals surface area (Å²) in [5.41, 5.74) is -3.05. The molecule has 3 nitrogen and oxygen atoms in total. The van der Waals surface area contributed by atoms with E-state index < -0.39 is 23.3 Å². The van der Waals surface area contributed by atoms with E-state index in [9.17, 15) is 22.8 Å². The van der Waals surface area contributed by atoms with E-state index >= 15 is 0 Å². The number of ether oxygens (including phenoxy) is 1. The number of carbonyl (C=O) groups excluding carboxylic acids is 2. The fourth-order valence-corrected chi connectivity index (χ4v) is 0.734. The lowest BCUT2D eigenvalue weighted by atomic mass is 9.85. The smallest absolute Gasteiger partial charge is 0.411 e. The molecule has 14 heavy (non-hydrogen) atoms. The van der Waals surface area contributed by atoms with E-state index in [0.29, 0.717) is 13.8 Å². The van der Waals surface area contributed by atoms with Crippen LogP contribution in [0, 0.1) is 5.41 Å². The summed E-state index contributed by atoms with van der Waals surface area (Å²) >= 11 is 0. The van der Waals surface area contributed by atoms with Gasteiger partial charge in [0.1, 0.15) is 0 Å². The summed E-state index contributed by atoms with van der Waals surface area (Å²) in [6.07, 6.45) is -4.93. The van der Waals surface area contributed by atoms with Crippen LogP contribution in [-0.4, -0.2) is 24.5 Å². The van der Waals surface area contributed by atoms with Crippen LogP contribution in [0.3, 0.4) is 0 Å². The molecule has 0 aromatic carbocycles. The number of Topliss-reactive ketones (excluding diaryl/α,β-unsaturated/α-hetero) is 1. The van der Waals surface area contributed by atoms with Crippen molar-refractivity contribution in [1.29, 1.82) is 0 Å². The van der Waals surface area contributed by atoms with Crippen LogP contribution in [0.5, 0.6) is 0 Å². The highest BCUT2D eigenvalue weighted by Gasteiger charge is 2.61. The van der Waals surface area contributed by atoms with E-state index in [2.05, 4.69) is 4.74 Å². The molecule has 0 rings (SSSR count). The molecule has 0 aliphatic rings. The van der Waals surface area contributed by atoms with Crippen molar-refractivity contribution in [3.8, 4) is 0 Å². The highest BCUT2D eigenvalue weighted by molar-refractivity contribution is 6.03. The van der Waals surface area contributed by atoms with Gasteiger partial charge in [0.15, 0.2) is 5.78 Å². The van der Waals surface area contributed by atoms with Gasteiger partial charge < -0.3 is 4.74 Å². The highest BCUT2D eigenvalue weighted by atomic mass is 19.4. The van der Waals surface area contributed by atoms with Gasteiger partial charge in [-0.25, -0.2) is 0 Å². The van der Waals surface area contributed by atoms with Crippen LogP contribution in [0.1, 0.15) is 20.8 Å². The summed E-state index contributed by atoms with van der Waals surface area (Å²) in [5.74, 6) is -2.83. The first-order chi connectivity index (χ1) is 6.17. The van der Waals surface area contributed by atoms with Crippen LogP contribution >= 0.6 is 0 Å². The molecule has 6 heteroatoms. The van der Waals surface area contributed by atoms with Crippen molar-refractivity contribution in [3.63, 3.8) is 0 Å². The van der Waals surface area contributed by atoms with E-state index in [4.69, 9.17) is 0 Å². The molecule has 82 valence electrons. The van der Waals surface area contributed by atoms with E-state index in [1.807, 2.05) is 0 Å². The van der Waals surface area contributed by atoms with Gasteiger partial charge in [-0.05, 0) is 20.8 Å². The number of esters is 1. The van der Waals surface area contributed by atoms with Crippen molar-refractivity contribution in [1.82, 2.24) is 0 Å². The predicted octanol–water partition coefficient (Wildman–Crippen LogP) is 1.71. The standard InChI is InChI=1S/C8H11F3O3/c1-4-14-6(13)7(3,5(2)12)8(9,10)11/h4H2,1-3H3. The molecule has 0 aromatic rings. The predicted molar refractivity (Wildman–Crippen MR) is 41.5 cm³/mol. The average molecular weight is 212 g/mol. The molecule has 0 N–H and O–H groups in total. The minimum Gasteiger partial charge on any atom is -0.465 e. The van der Waals surface area contributed by atoms with Gasteiger partial charge in [0.25, 0.3) is 0 Å². The Hall–Kier alpha value is -1.07. The molecule has 0 aliphatic heterocycles. The van der Waals surface area contributed by atoms with Crippen LogP contribution in [0.25, 0.3) is 0 Å². The Bertz CT molecular complexity index is 247. The molecule has 0 amide bonds. The van der Waals surface area contributed by atoms with Gasteiger partial charge in [0, 0.05) is 0 Å². The summed E-state index contributed by atoms with van der Waals surface area (Å²) in [4.78, 5) is 21.8. The summed E-state index contributed by atoms with van der Waals surface area (Å²) < 4.78 is 41.4. The first-order valence-corrected chi connectivity index (χ1v) is 3.93. The van der Waals surface area contributed by atoms with Gasteiger partial charge in [-0.2, -0.15) is 13.2 Å². The maximum Gasteiger partial charge on any atom is 0.411 e. The number of hydrogen-bond acceptors (Lipinski definition) is 3. The Morgan fingerprint density at radius 2 is 1.71 bits per heavy atom. The van der Waals surface area contributed by atoms with Crippen molar-refractivity contribution in [2.75, 3.05) is 6.61 Å². The van der Waals surface area contributed by atoms with E-state index in [0.717, 1.165) is 0 Å². The topological polar surface area (TPSA) is 43.4 Å². The quantitative estimate of drug-likeness (QED) is 0.528. The molecule has 1 atom stereocenters. The van der Waals surface area contributed by atoms with Crippen molar-refractivity contribution in [2.45, 2.75) is 26.9 Å². The zero-order chi connectivity index (χ0) is 11.6. The van der Waals surface area contributed by atoms with E-state index in [1.165, 1.54) is 6.92 Å². The fourth-order valence-electron chi connectivity index (χ4n) is 0.734. The second-order valence-electron chi connectivity index (χ2n) is 2.90. The van der Waals surface area contributed by atoms with Crippen molar-refractivity contribution >= 4 is 11.8 Å². The van der Waals surface area contributed by atoms with E-state index in [1.54, 1.807) is 0 Å². The van der Waals surface area contributed by atoms with Gasteiger partial charge in [-0.15, -0.1) is 0 Å². The van der Waals surface area contributed by atoms with Gasteiger partial charge >= 0.3 is 12.1 Å². The fraction of sp³-hybridized carbons (Fsp3) is 0.750. The normalized spacial score (nSPS) is 15.9. The lowest BCUT2D eigenvalue weighted by Gasteiger charge is -2.26. The molecule has 0 aliphatic carbocycles. The molecule has 0 heterocycles. The molecule has 0 bridgehead atoms. The third-order valence-electron chi connectivity index (χ3n) is 1.95. The molecule has 0 saturated carbocycles. The Morgan fingerprint density at radius 1 is 1.29 bits per heavy atom. The minimum atomic E-state index is -4.93.